The van der Waals surface area contributed by atoms with Crippen LogP contribution < -0.4 is 5.32 Å². The Morgan fingerprint density at radius 3 is 2.35 bits per heavy atom. The molecule has 1 N–H and O–H groups in total. The Hall–Kier alpha value is -2.15. The molecule has 7 nitrogen and oxygen atoms in total. The highest BCUT2D eigenvalue weighted by Crippen LogP contribution is 2.17. The number of carbonyl (C=O) groups is 1. The van der Waals surface area contributed by atoms with Crippen molar-refractivity contribution in [1.29, 1.82) is 0 Å². The van der Waals surface area contributed by atoms with Crippen LogP contribution in [0.2, 0.25) is 0 Å². The van der Waals surface area contributed by atoms with Crippen LogP contribution in [0.1, 0.15) is 13.8 Å². The number of nitrogens with zero attached hydrogens (tertiary/aromatic N) is 2. The maximum Gasteiger partial charge on any atom is 0.322 e. The number of nitro benzene ring substituents is 1. The SMILES string of the molecule is CC1CN(C(=O)Nc2ccc([N+](=O)[O-])cc2)CC(C)O1. The van der Waals surface area contributed by atoms with Crippen molar-refractivity contribution in [1.82, 2.24) is 4.90 Å². The second kappa shape index (κ2) is 5.87. The molecule has 2 amide bonds. The Morgan fingerprint density at radius 1 is 1.30 bits per heavy atom. The summed E-state index contributed by atoms with van der Waals surface area (Å²) in [7, 11) is 0. The van der Waals surface area contributed by atoms with Crippen molar-refractivity contribution in [3.8, 4) is 0 Å². The van der Waals surface area contributed by atoms with Gasteiger partial charge in [-0.2, -0.15) is 0 Å². The first kappa shape index (κ1) is 14.3. The third kappa shape index (κ3) is 3.45. The summed E-state index contributed by atoms with van der Waals surface area (Å²) in [6.45, 7) is 4.90. The number of carbonyl (C=O) groups excluding carboxylic acids is 1. The van der Waals surface area contributed by atoms with Crippen molar-refractivity contribution in [2.24, 2.45) is 0 Å². The van der Waals surface area contributed by atoms with Gasteiger partial charge in [-0.15, -0.1) is 0 Å². The van der Waals surface area contributed by atoms with Crippen LogP contribution in [0.5, 0.6) is 0 Å². The van der Waals surface area contributed by atoms with Crippen molar-refractivity contribution >= 4 is 17.4 Å². The van der Waals surface area contributed by atoms with Gasteiger partial charge in [-0.3, -0.25) is 10.1 Å². The fourth-order valence-corrected chi connectivity index (χ4v) is 2.21. The van der Waals surface area contributed by atoms with Crippen LogP contribution in [0.25, 0.3) is 0 Å². The topological polar surface area (TPSA) is 84.7 Å². The Labute approximate surface area is 116 Å². The van der Waals surface area contributed by atoms with Gasteiger partial charge in [-0.05, 0) is 26.0 Å². The normalized spacial score (nSPS) is 22.4. The van der Waals surface area contributed by atoms with Crippen LogP contribution in [0.3, 0.4) is 0 Å². The van der Waals surface area contributed by atoms with Crippen molar-refractivity contribution in [3.63, 3.8) is 0 Å². The first-order chi connectivity index (χ1) is 9.45. The molecular weight excluding hydrogens is 262 g/mol. The summed E-state index contributed by atoms with van der Waals surface area (Å²) >= 11 is 0. The monoisotopic (exact) mass is 279 g/mol. The number of hydrogen-bond acceptors (Lipinski definition) is 4. The number of nitro groups is 1. The molecule has 108 valence electrons. The molecule has 7 heteroatoms. The summed E-state index contributed by atoms with van der Waals surface area (Å²) in [6, 6.07) is 5.54. The van der Waals surface area contributed by atoms with E-state index < -0.39 is 4.92 Å². The molecule has 20 heavy (non-hydrogen) atoms. The molecule has 1 aromatic rings. The van der Waals surface area contributed by atoms with Gasteiger partial charge in [-0.1, -0.05) is 0 Å². The van der Waals surface area contributed by atoms with Gasteiger partial charge in [0.15, 0.2) is 0 Å². The van der Waals surface area contributed by atoms with E-state index in [2.05, 4.69) is 5.32 Å². The standard InChI is InChI=1S/C13H17N3O4/c1-9-7-15(8-10(2)20-9)13(17)14-11-3-5-12(6-4-11)16(18)19/h3-6,9-10H,7-8H2,1-2H3,(H,14,17). The lowest BCUT2D eigenvalue weighted by molar-refractivity contribution is -0.384. The quantitative estimate of drug-likeness (QED) is 0.664. The van der Waals surface area contributed by atoms with E-state index in [1.807, 2.05) is 13.8 Å². The van der Waals surface area contributed by atoms with E-state index in [0.717, 1.165) is 0 Å². The third-order valence-electron chi connectivity index (χ3n) is 3.04. The van der Waals surface area contributed by atoms with E-state index in [4.69, 9.17) is 4.74 Å². The minimum Gasteiger partial charge on any atom is -0.372 e. The minimum absolute atomic E-state index is 0.00126. The zero-order chi connectivity index (χ0) is 14.7. The molecule has 0 bridgehead atoms. The van der Waals surface area contributed by atoms with Crippen molar-refractivity contribution < 1.29 is 14.5 Å². The lowest BCUT2D eigenvalue weighted by Crippen LogP contribution is -2.49. The number of hydrogen-bond donors (Lipinski definition) is 1. The van der Waals surface area contributed by atoms with Crippen LogP contribution >= 0.6 is 0 Å². The first-order valence-electron chi connectivity index (χ1n) is 6.41. The Balaban J connectivity index is 1.98. The number of amides is 2. The molecule has 1 heterocycles. The van der Waals surface area contributed by atoms with Crippen molar-refractivity contribution in [2.75, 3.05) is 18.4 Å². The smallest absolute Gasteiger partial charge is 0.322 e. The number of anilines is 1. The molecule has 1 aliphatic rings. The molecule has 2 rings (SSSR count). The molecule has 0 radical (unpaired) electrons. The van der Waals surface area contributed by atoms with Gasteiger partial charge in [0.1, 0.15) is 0 Å². The molecule has 2 atom stereocenters. The molecule has 1 aromatic carbocycles. The maximum atomic E-state index is 12.1. The fraction of sp³-hybridized carbons (Fsp3) is 0.462. The highest BCUT2D eigenvalue weighted by Gasteiger charge is 2.25. The molecule has 0 aromatic heterocycles. The maximum absolute atomic E-state index is 12.1. The molecule has 2 unspecified atom stereocenters. The Bertz CT molecular complexity index is 493. The Morgan fingerprint density at radius 2 is 1.85 bits per heavy atom. The van der Waals surface area contributed by atoms with E-state index in [0.29, 0.717) is 18.8 Å². The zero-order valence-electron chi connectivity index (χ0n) is 11.4. The van der Waals surface area contributed by atoms with Gasteiger partial charge in [0.05, 0.1) is 17.1 Å². The summed E-state index contributed by atoms with van der Waals surface area (Å²) in [5.74, 6) is 0. The summed E-state index contributed by atoms with van der Waals surface area (Å²) in [6.07, 6.45) is 0.00252. The second-order valence-corrected chi connectivity index (χ2v) is 4.90. The lowest BCUT2D eigenvalue weighted by Gasteiger charge is -2.35. The highest BCUT2D eigenvalue weighted by molar-refractivity contribution is 5.89. The van der Waals surface area contributed by atoms with Crippen molar-refractivity contribution in [3.05, 3.63) is 34.4 Å². The van der Waals surface area contributed by atoms with Gasteiger partial charge in [0.2, 0.25) is 0 Å². The number of morpholine rings is 1. The van der Waals surface area contributed by atoms with Crippen molar-refractivity contribution in [2.45, 2.75) is 26.1 Å². The molecule has 1 aliphatic heterocycles. The van der Waals surface area contributed by atoms with E-state index in [-0.39, 0.29) is 23.9 Å². The van der Waals surface area contributed by atoms with E-state index in [1.54, 1.807) is 4.90 Å². The number of ether oxygens (including phenoxy) is 1. The predicted octanol–water partition coefficient (Wildman–Crippen LogP) is 2.24. The zero-order valence-corrected chi connectivity index (χ0v) is 11.4. The van der Waals surface area contributed by atoms with Crippen LogP contribution in [-0.2, 0) is 4.74 Å². The van der Waals surface area contributed by atoms with Gasteiger partial charge in [0.25, 0.3) is 5.69 Å². The molecule has 1 saturated heterocycles. The van der Waals surface area contributed by atoms with E-state index in [9.17, 15) is 14.9 Å². The minimum atomic E-state index is -0.475. The number of non-ortho nitro benzene ring substituents is 1. The average molecular weight is 279 g/mol. The number of benzene rings is 1. The van der Waals surface area contributed by atoms with Crippen LogP contribution in [0, 0.1) is 10.1 Å². The van der Waals surface area contributed by atoms with E-state index in [1.165, 1.54) is 24.3 Å². The third-order valence-corrected chi connectivity index (χ3v) is 3.04. The molecular formula is C13H17N3O4. The fourth-order valence-electron chi connectivity index (χ4n) is 2.21. The molecule has 0 aliphatic carbocycles. The van der Waals surface area contributed by atoms with E-state index >= 15 is 0 Å². The number of rotatable bonds is 2. The molecule has 0 spiro atoms. The first-order valence-corrected chi connectivity index (χ1v) is 6.41. The van der Waals surface area contributed by atoms with Gasteiger partial charge in [-0.25, -0.2) is 4.79 Å². The van der Waals surface area contributed by atoms with Gasteiger partial charge >= 0.3 is 6.03 Å². The predicted molar refractivity (Wildman–Crippen MR) is 73.7 cm³/mol. The highest BCUT2D eigenvalue weighted by atomic mass is 16.6. The van der Waals surface area contributed by atoms with Gasteiger partial charge < -0.3 is 15.0 Å². The lowest BCUT2D eigenvalue weighted by atomic mass is 10.2. The van der Waals surface area contributed by atoms with Crippen LogP contribution in [0.15, 0.2) is 24.3 Å². The summed E-state index contributed by atoms with van der Waals surface area (Å²) in [5, 5.41) is 13.3. The Kier molecular flexibility index (Phi) is 4.19. The summed E-state index contributed by atoms with van der Waals surface area (Å²) < 4.78 is 5.56. The largest absolute Gasteiger partial charge is 0.372 e. The summed E-state index contributed by atoms with van der Waals surface area (Å²) in [4.78, 5) is 23.9. The van der Waals surface area contributed by atoms with Gasteiger partial charge in [0, 0.05) is 30.9 Å². The second-order valence-electron chi connectivity index (χ2n) is 4.90. The van der Waals surface area contributed by atoms with Crippen LogP contribution in [0.4, 0.5) is 16.2 Å². The number of nitrogens with one attached hydrogen (secondary N) is 1. The van der Waals surface area contributed by atoms with Crippen LogP contribution in [-0.4, -0.2) is 41.2 Å². The number of urea groups is 1. The summed E-state index contributed by atoms with van der Waals surface area (Å²) in [5.41, 5.74) is 0.531. The molecule has 0 saturated carbocycles. The molecule has 1 fully saturated rings. The average Bonchev–Trinajstić information content (AvgIpc) is 2.38.